The van der Waals surface area contributed by atoms with E-state index in [0.717, 1.165) is 28.1 Å². The van der Waals surface area contributed by atoms with Crippen LogP contribution in [0.25, 0.3) is 10.8 Å². The molecule has 0 aliphatic carbocycles. The van der Waals surface area contributed by atoms with E-state index in [-0.39, 0.29) is 5.91 Å². The van der Waals surface area contributed by atoms with Crippen molar-refractivity contribution in [1.82, 2.24) is 5.32 Å². The summed E-state index contributed by atoms with van der Waals surface area (Å²) < 4.78 is 5.27. The molecule has 27 heavy (non-hydrogen) atoms. The predicted molar refractivity (Wildman–Crippen MR) is 109 cm³/mol. The van der Waals surface area contributed by atoms with Gasteiger partial charge >= 0.3 is 0 Å². The van der Waals surface area contributed by atoms with Crippen LogP contribution < -0.4 is 15.0 Å². The minimum Gasteiger partial charge on any atom is -0.497 e. The van der Waals surface area contributed by atoms with Gasteiger partial charge in [0.1, 0.15) is 12.3 Å². The number of hydrogen-bond donors (Lipinski definition) is 2. The second-order valence-electron chi connectivity index (χ2n) is 7.06. The van der Waals surface area contributed by atoms with Gasteiger partial charge in [0.2, 0.25) is 0 Å². The van der Waals surface area contributed by atoms with Gasteiger partial charge in [-0.05, 0) is 47.0 Å². The Morgan fingerprint density at radius 3 is 2.56 bits per heavy atom. The molecule has 140 valence electrons. The van der Waals surface area contributed by atoms with E-state index in [2.05, 4.69) is 48.6 Å². The Labute approximate surface area is 160 Å². The van der Waals surface area contributed by atoms with Crippen LogP contribution in [0.3, 0.4) is 0 Å². The maximum absolute atomic E-state index is 12.3. The first-order chi connectivity index (χ1) is 13.0. The summed E-state index contributed by atoms with van der Waals surface area (Å²) in [5.74, 6) is 0.935. The van der Waals surface area contributed by atoms with E-state index in [1.165, 1.54) is 16.5 Å². The Morgan fingerprint density at radius 2 is 1.78 bits per heavy atom. The first-order valence-corrected chi connectivity index (χ1v) is 9.24. The van der Waals surface area contributed by atoms with Crippen molar-refractivity contribution in [2.24, 2.45) is 0 Å². The number of carbonyl (C=O) groups is 1. The number of quaternary nitrogens is 1. The van der Waals surface area contributed by atoms with Crippen molar-refractivity contribution in [3.05, 3.63) is 77.4 Å². The molecular formula is C23H27N2O2+. The van der Waals surface area contributed by atoms with Crippen LogP contribution >= 0.6 is 0 Å². The molecule has 4 heteroatoms. The van der Waals surface area contributed by atoms with Crippen LogP contribution in [0, 0.1) is 6.92 Å². The second-order valence-corrected chi connectivity index (χ2v) is 7.06. The Morgan fingerprint density at radius 1 is 1.04 bits per heavy atom. The van der Waals surface area contributed by atoms with Gasteiger partial charge in [-0.25, -0.2) is 0 Å². The summed E-state index contributed by atoms with van der Waals surface area (Å²) in [5, 5.41) is 5.37. The number of benzene rings is 3. The third-order valence-electron chi connectivity index (χ3n) is 4.82. The van der Waals surface area contributed by atoms with Crippen LogP contribution in [0.1, 0.15) is 16.7 Å². The lowest BCUT2D eigenvalue weighted by atomic mass is 10.1. The van der Waals surface area contributed by atoms with Crippen molar-refractivity contribution in [2.75, 3.05) is 20.7 Å². The Kier molecular flexibility index (Phi) is 6.09. The zero-order valence-electron chi connectivity index (χ0n) is 16.2. The van der Waals surface area contributed by atoms with Gasteiger partial charge in [0.05, 0.1) is 14.2 Å². The molecule has 0 radical (unpaired) electrons. The average Bonchev–Trinajstić information content (AvgIpc) is 2.66. The fourth-order valence-corrected chi connectivity index (χ4v) is 3.26. The van der Waals surface area contributed by atoms with Gasteiger partial charge in [-0.1, -0.05) is 42.5 Å². The number of methoxy groups -OCH3 is 1. The van der Waals surface area contributed by atoms with E-state index in [0.29, 0.717) is 13.1 Å². The molecule has 0 saturated heterocycles. The van der Waals surface area contributed by atoms with Crippen molar-refractivity contribution in [3.63, 3.8) is 0 Å². The lowest BCUT2D eigenvalue weighted by Gasteiger charge is -2.15. The molecule has 1 amide bonds. The molecule has 3 aromatic carbocycles. The predicted octanol–water partition coefficient (Wildman–Crippen LogP) is 2.49. The number of nitrogens with one attached hydrogen (secondary N) is 2. The quantitative estimate of drug-likeness (QED) is 0.677. The normalized spacial score (nSPS) is 12.0. The lowest BCUT2D eigenvalue weighted by Crippen LogP contribution is -3.08. The molecule has 1 unspecified atom stereocenters. The van der Waals surface area contributed by atoms with Crippen LogP contribution in [-0.2, 0) is 17.9 Å². The number of rotatable bonds is 7. The molecule has 3 aromatic rings. The largest absolute Gasteiger partial charge is 0.497 e. The van der Waals surface area contributed by atoms with E-state index in [4.69, 9.17) is 4.74 Å². The summed E-state index contributed by atoms with van der Waals surface area (Å²) in [5.41, 5.74) is 3.58. The highest BCUT2D eigenvalue weighted by atomic mass is 16.5. The van der Waals surface area contributed by atoms with E-state index in [9.17, 15) is 4.79 Å². The summed E-state index contributed by atoms with van der Waals surface area (Å²) in [7, 11) is 3.73. The molecule has 0 aromatic heterocycles. The molecule has 0 bridgehead atoms. The van der Waals surface area contributed by atoms with Crippen LogP contribution in [0.5, 0.6) is 5.75 Å². The van der Waals surface area contributed by atoms with E-state index < -0.39 is 0 Å². The molecule has 0 spiro atoms. The molecule has 3 rings (SSSR count). The van der Waals surface area contributed by atoms with Crippen LogP contribution in [0.2, 0.25) is 0 Å². The SMILES string of the molecule is COc1ccc2cc(C[NH+](C)CC(=O)NCc3ccccc3C)ccc2c1. The molecule has 0 saturated carbocycles. The molecule has 2 N–H and O–H groups in total. The summed E-state index contributed by atoms with van der Waals surface area (Å²) in [4.78, 5) is 13.4. The van der Waals surface area contributed by atoms with Crippen molar-refractivity contribution >= 4 is 16.7 Å². The number of aryl methyl sites for hydroxylation is 1. The minimum absolute atomic E-state index is 0.0706. The Hall–Kier alpha value is -2.85. The van der Waals surface area contributed by atoms with Gasteiger partial charge in [0.15, 0.2) is 6.54 Å². The summed E-state index contributed by atoms with van der Waals surface area (Å²) >= 11 is 0. The fourth-order valence-electron chi connectivity index (χ4n) is 3.26. The summed E-state index contributed by atoms with van der Waals surface area (Å²) in [6.07, 6.45) is 0. The van der Waals surface area contributed by atoms with Crippen LogP contribution in [0.4, 0.5) is 0 Å². The van der Waals surface area contributed by atoms with E-state index >= 15 is 0 Å². The van der Waals surface area contributed by atoms with Crippen LogP contribution in [-0.4, -0.2) is 26.6 Å². The van der Waals surface area contributed by atoms with Crippen molar-refractivity contribution in [3.8, 4) is 5.75 Å². The topological polar surface area (TPSA) is 42.8 Å². The number of fused-ring (bicyclic) bond motifs is 1. The first kappa shape index (κ1) is 18.9. The fraction of sp³-hybridized carbons (Fsp3) is 0.261. The molecule has 0 aliphatic heterocycles. The molecule has 0 fully saturated rings. The Balaban J connectivity index is 1.55. The zero-order valence-corrected chi connectivity index (χ0v) is 16.2. The van der Waals surface area contributed by atoms with Crippen molar-refractivity contribution in [1.29, 1.82) is 0 Å². The molecule has 1 atom stereocenters. The molecule has 0 heterocycles. The molecule has 4 nitrogen and oxygen atoms in total. The highest BCUT2D eigenvalue weighted by Crippen LogP contribution is 2.21. The second kappa shape index (κ2) is 8.69. The Bertz CT molecular complexity index is 937. The minimum atomic E-state index is 0.0706. The number of likely N-dealkylation sites (N-methyl/N-ethyl adjacent to an activating group) is 1. The van der Waals surface area contributed by atoms with Gasteiger partial charge in [-0.15, -0.1) is 0 Å². The van der Waals surface area contributed by atoms with Crippen molar-refractivity contribution in [2.45, 2.75) is 20.0 Å². The van der Waals surface area contributed by atoms with E-state index in [1.54, 1.807) is 7.11 Å². The third-order valence-corrected chi connectivity index (χ3v) is 4.82. The number of hydrogen-bond acceptors (Lipinski definition) is 2. The van der Waals surface area contributed by atoms with Gasteiger partial charge in [-0.2, -0.15) is 0 Å². The maximum Gasteiger partial charge on any atom is 0.275 e. The third kappa shape index (κ3) is 5.08. The van der Waals surface area contributed by atoms with Crippen molar-refractivity contribution < 1.29 is 14.4 Å². The molecular weight excluding hydrogens is 336 g/mol. The monoisotopic (exact) mass is 363 g/mol. The van der Waals surface area contributed by atoms with Crippen LogP contribution in [0.15, 0.2) is 60.7 Å². The highest BCUT2D eigenvalue weighted by molar-refractivity contribution is 5.84. The number of amides is 1. The average molecular weight is 363 g/mol. The number of carbonyl (C=O) groups excluding carboxylic acids is 1. The van der Waals surface area contributed by atoms with Gasteiger partial charge < -0.3 is 15.0 Å². The lowest BCUT2D eigenvalue weighted by molar-refractivity contribution is -0.885. The zero-order chi connectivity index (χ0) is 19.2. The number of ether oxygens (including phenoxy) is 1. The van der Waals surface area contributed by atoms with Gasteiger partial charge in [0, 0.05) is 12.1 Å². The van der Waals surface area contributed by atoms with E-state index in [1.807, 2.05) is 31.3 Å². The smallest absolute Gasteiger partial charge is 0.275 e. The summed E-state index contributed by atoms with van der Waals surface area (Å²) in [6, 6.07) is 20.6. The maximum atomic E-state index is 12.3. The molecule has 0 aliphatic rings. The first-order valence-electron chi connectivity index (χ1n) is 9.24. The van der Waals surface area contributed by atoms with Gasteiger partial charge in [0.25, 0.3) is 5.91 Å². The van der Waals surface area contributed by atoms with Gasteiger partial charge in [-0.3, -0.25) is 4.79 Å². The highest BCUT2D eigenvalue weighted by Gasteiger charge is 2.11. The summed E-state index contributed by atoms with van der Waals surface area (Å²) in [6.45, 7) is 3.90. The standard InChI is InChI=1S/C23H26N2O2/c1-17-6-4-5-7-21(17)14-24-23(26)16-25(2)15-18-8-9-20-13-22(27-3)11-10-19(20)12-18/h4-13H,14-16H2,1-3H3,(H,24,26)/p+1.